The summed E-state index contributed by atoms with van der Waals surface area (Å²) in [6.07, 6.45) is 1.77. The molecule has 0 aliphatic heterocycles. The molecule has 0 atom stereocenters. The molecule has 0 bridgehead atoms. The highest BCUT2D eigenvalue weighted by Gasteiger charge is 2.12. The largest absolute Gasteiger partial charge is 0.493 e. The van der Waals surface area contributed by atoms with Crippen molar-refractivity contribution in [2.75, 3.05) is 7.11 Å². The monoisotopic (exact) mass is 477 g/mol. The lowest BCUT2D eigenvalue weighted by molar-refractivity contribution is 0.282. The molecule has 0 amide bonds. The van der Waals surface area contributed by atoms with Gasteiger partial charge in [-0.25, -0.2) is 0 Å². The number of hydrogen-bond acceptors (Lipinski definition) is 3. The van der Waals surface area contributed by atoms with Gasteiger partial charge >= 0.3 is 0 Å². The molecule has 6 heteroatoms. The van der Waals surface area contributed by atoms with Gasteiger partial charge in [0, 0.05) is 16.3 Å². The number of ether oxygens (including phenoxy) is 2. The Morgan fingerprint density at radius 2 is 1.82 bits per heavy atom. The molecule has 0 spiro atoms. The minimum atomic E-state index is 0.380. The maximum Gasteiger partial charge on any atom is 0.175 e. The predicted molar refractivity (Wildman–Crippen MR) is 120 cm³/mol. The first-order valence-corrected chi connectivity index (χ1v) is 10.1. The van der Waals surface area contributed by atoms with Crippen LogP contribution in [0.5, 0.6) is 11.5 Å². The number of methoxy groups -OCH3 is 1. The van der Waals surface area contributed by atoms with Crippen molar-refractivity contribution in [3.05, 3.63) is 85.8 Å². The van der Waals surface area contributed by atoms with E-state index in [-0.39, 0.29) is 0 Å². The average Bonchev–Trinajstić information content (AvgIpc) is 2.67. The number of benzene rings is 3. The van der Waals surface area contributed by atoms with Gasteiger partial charge in [0.2, 0.25) is 0 Å². The van der Waals surface area contributed by atoms with Gasteiger partial charge in [-0.15, -0.1) is 0 Å². The molecule has 28 heavy (non-hydrogen) atoms. The van der Waals surface area contributed by atoms with Crippen molar-refractivity contribution < 1.29 is 9.47 Å². The molecule has 0 saturated carbocycles. The Bertz CT molecular complexity index is 1020. The molecule has 144 valence electrons. The van der Waals surface area contributed by atoms with Crippen molar-refractivity contribution in [2.45, 2.75) is 13.5 Å². The molecule has 0 aromatic heterocycles. The molecule has 3 aromatic rings. The third kappa shape index (κ3) is 5.28. The van der Waals surface area contributed by atoms with Crippen LogP contribution in [0.3, 0.4) is 0 Å². The lowest BCUT2D eigenvalue weighted by atomic mass is 10.2. The number of nitrogens with zero attached hydrogens (tertiary/aromatic N) is 1. The highest BCUT2D eigenvalue weighted by atomic mass is 79.9. The zero-order chi connectivity index (χ0) is 20.1. The zero-order valence-electron chi connectivity index (χ0n) is 15.4. The molecule has 0 fully saturated rings. The van der Waals surface area contributed by atoms with Crippen molar-refractivity contribution >= 4 is 51.0 Å². The van der Waals surface area contributed by atoms with Gasteiger partial charge in [-0.05, 0) is 75.9 Å². The summed E-state index contributed by atoms with van der Waals surface area (Å²) in [5.41, 5.74) is 3.72. The molecule has 0 radical (unpaired) electrons. The summed E-state index contributed by atoms with van der Waals surface area (Å²) < 4.78 is 12.2. The normalized spacial score (nSPS) is 11.0. The van der Waals surface area contributed by atoms with Gasteiger partial charge in [-0.3, -0.25) is 4.99 Å². The molecule has 0 aliphatic carbocycles. The summed E-state index contributed by atoms with van der Waals surface area (Å²) >= 11 is 15.7. The van der Waals surface area contributed by atoms with Crippen LogP contribution in [0.25, 0.3) is 0 Å². The number of aryl methyl sites for hydroxylation is 1. The standard InChI is InChI=1S/C22H18BrCl2NO2/c1-14-6-7-18(25)11-20(14)26-12-16-9-19(23)22(21(10-16)27-2)28-13-15-4-3-5-17(24)8-15/h3-12H,13H2,1-2H3. The third-order valence-corrected chi connectivity index (χ3v) is 5.11. The highest BCUT2D eigenvalue weighted by molar-refractivity contribution is 9.10. The summed E-state index contributed by atoms with van der Waals surface area (Å²) in [6.45, 7) is 2.37. The Balaban J connectivity index is 1.83. The lowest BCUT2D eigenvalue weighted by Gasteiger charge is -2.13. The third-order valence-electron chi connectivity index (χ3n) is 4.05. The fraction of sp³-hybridized carbons (Fsp3) is 0.136. The summed E-state index contributed by atoms with van der Waals surface area (Å²) in [5, 5.41) is 1.33. The van der Waals surface area contributed by atoms with E-state index in [2.05, 4.69) is 20.9 Å². The van der Waals surface area contributed by atoms with Crippen LogP contribution in [0.4, 0.5) is 5.69 Å². The van der Waals surface area contributed by atoms with E-state index in [1.54, 1.807) is 13.3 Å². The van der Waals surface area contributed by atoms with E-state index in [1.165, 1.54) is 0 Å². The van der Waals surface area contributed by atoms with Gasteiger partial charge in [-0.1, -0.05) is 41.4 Å². The lowest BCUT2D eigenvalue weighted by Crippen LogP contribution is -1.99. The molecule has 0 heterocycles. The van der Waals surface area contributed by atoms with E-state index < -0.39 is 0 Å². The van der Waals surface area contributed by atoms with Gasteiger partial charge in [-0.2, -0.15) is 0 Å². The molecular weight excluding hydrogens is 461 g/mol. The quantitative estimate of drug-likeness (QED) is 0.345. The second-order valence-corrected chi connectivity index (χ2v) is 7.87. The zero-order valence-corrected chi connectivity index (χ0v) is 18.5. The van der Waals surface area contributed by atoms with Crippen LogP contribution < -0.4 is 9.47 Å². The van der Waals surface area contributed by atoms with E-state index >= 15 is 0 Å². The Morgan fingerprint density at radius 1 is 1.04 bits per heavy atom. The molecule has 0 N–H and O–H groups in total. The summed E-state index contributed by atoms with van der Waals surface area (Å²) in [6, 6.07) is 17.0. The van der Waals surface area contributed by atoms with Crippen molar-refractivity contribution in [1.29, 1.82) is 0 Å². The first kappa shape index (κ1) is 20.7. The maximum absolute atomic E-state index is 6.06. The smallest absolute Gasteiger partial charge is 0.175 e. The van der Waals surface area contributed by atoms with Crippen LogP contribution in [-0.4, -0.2) is 13.3 Å². The minimum Gasteiger partial charge on any atom is -0.493 e. The summed E-state index contributed by atoms with van der Waals surface area (Å²) in [5.74, 6) is 1.24. The fourth-order valence-electron chi connectivity index (χ4n) is 2.60. The molecule has 0 saturated heterocycles. The van der Waals surface area contributed by atoms with Crippen LogP contribution in [0.15, 0.2) is 64.1 Å². The Hall–Kier alpha value is -2.01. The van der Waals surface area contributed by atoms with Gasteiger partial charge in [0.05, 0.1) is 17.3 Å². The van der Waals surface area contributed by atoms with Gasteiger partial charge in [0.15, 0.2) is 11.5 Å². The molecule has 0 unspecified atom stereocenters. The van der Waals surface area contributed by atoms with Crippen molar-refractivity contribution in [1.82, 2.24) is 0 Å². The van der Waals surface area contributed by atoms with Gasteiger partial charge in [0.1, 0.15) is 6.61 Å². The Labute approximate surface area is 183 Å². The first-order chi connectivity index (χ1) is 13.5. The van der Waals surface area contributed by atoms with Crippen molar-refractivity contribution in [3.63, 3.8) is 0 Å². The van der Waals surface area contributed by atoms with Crippen LogP contribution in [0.2, 0.25) is 10.0 Å². The van der Waals surface area contributed by atoms with Crippen LogP contribution in [-0.2, 0) is 6.61 Å². The summed E-state index contributed by atoms with van der Waals surface area (Å²) in [7, 11) is 1.61. The van der Waals surface area contributed by atoms with Crippen LogP contribution in [0.1, 0.15) is 16.7 Å². The van der Waals surface area contributed by atoms with Crippen molar-refractivity contribution in [3.8, 4) is 11.5 Å². The number of rotatable bonds is 6. The second kappa shape index (κ2) is 9.46. The number of halogens is 3. The minimum absolute atomic E-state index is 0.380. The van der Waals surface area contributed by atoms with Crippen molar-refractivity contribution in [2.24, 2.45) is 4.99 Å². The molecule has 3 rings (SSSR count). The first-order valence-electron chi connectivity index (χ1n) is 8.51. The highest BCUT2D eigenvalue weighted by Crippen LogP contribution is 2.37. The fourth-order valence-corrected chi connectivity index (χ4v) is 3.56. The van der Waals surface area contributed by atoms with E-state index in [4.69, 9.17) is 32.7 Å². The van der Waals surface area contributed by atoms with Gasteiger partial charge in [0.25, 0.3) is 0 Å². The number of aliphatic imine (C=N–C) groups is 1. The SMILES string of the molecule is COc1cc(C=Nc2cc(Cl)ccc2C)cc(Br)c1OCc1cccc(Cl)c1. The van der Waals surface area contributed by atoms with E-state index in [0.717, 1.165) is 26.9 Å². The molecule has 0 aliphatic rings. The number of hydrogen-bond donors (Lipinski definition) is 0. The maximum atomic E-state index is 6.06. The van der Waals surface area contributed by atoms with E-state index in [1.807, 2.05) is 61.5 Å². The summed E-state index contributed by atoms with van der Waals surface area (Å²) in [4.78, 5) is 4.55. The van der Waals surface area contributed by atoms with Gasteiger partial charge < -0.3 is 9.47 Å². The van der Waals surface area contributed by atoms with E-state index in [0.29, 0.717) is 28.2 Å². The van der Waals surface area contributed by atoms with Crippen LogP contribution >= 0.6 is 39.1 Å². The predicted octanol–water partition coefficient (Wildman–Crippen LogP) is 7.40. The van der Waals surface area contributed by atoms with Crippen LogP contribution in [0, 0.1) is 6.92 Å². The topological polar surface area (TPSA) is 30.8 Å². The average molecular weight is 479 g/mol. The molecule has 3 nitrogen and oxygen atoms in total. The molecule has 3 aromatic carbocycles. The Morgan fingerprint density at radius 3 is 2.57 bits per heavy atom. The van der Waals surface area contributed by atoms with E-state index in [9.17, 15) is 0 Å². The second-order valence-electron chi connectivity index (χ2n) is 6.14. The molecular formula is C22H18BrCl2NO2. The Kier molecular flexibility index (Phi) is 7.00.